The summed E-state index contributed by atoms with van der Waals surface area (Å²) in [5.41, 5.74) is 3.31. The Morgan fingerprint density at radius 2 is 2.08 bits per heavy atom. The summed E-state index contributed by atoms with van der Waals surface area (Å²) in [6.07, 6.45) is 0. The van der Waals surface area contributed by atoms with Gasteiger partial charge >= 0.3 is 0 Å². The summed E-state index contributed by atoms with van der Waals surface area (Å²) in [7, 11) is 0. The van der Waals surface area contributed by atoms with Gasteiger partial charge in [0.05, 0.1) is 5.69 Å². The second-order valence-electron chi connectivity index (χ2n) is 2.92. The number of hydrogen-bond acceptors (Lipinski definition) is 1. The van der Waals surface area contributed by atoms with Crippen LogP contribution in [0.1, 0.15) is 5.56 Å². The Morgan fingerprint density at radius 3 is 2.69 bits per heavy atom. The molecule has 2 nitrogen and oxygen atoms in total. The lowest BCUT2D eigenvalue weighted by molar-refractivity contribution is 1.09. The highest BCUT2D eigenvalue weighted by molar-refractivity contribution is 6.29. The van der Waals surface area contributed by atoms with Crippen LogP contribution in [-0.2, 0) is 0 Å². The van der Waals surface area contributed by atoms with Crippen molar-refractivity contribution in [1.29, 1.82) is 0 Å². The highest BCUT2D eigenvalue weighted by atomic mass is 35.5. The van der Waals surface area contributed by atoms with Gasteiger partial charge in [-0.3, -0.25) is 5.10 Å². The molecule has 0 atom stereocenters. The lowest BCUT2D eigenvalue weighted by Gasteiger charge is -2.00. The van der Waals surface area contributed by atoms with Gasteiger partial charge in [0.25, 0.3) is 0 Å². The third kappa shape index (κ3) is 1.58. The number of aryl methyl sites for hydroxylation is 1. The zero-order valence-electron chi connectivity index (χ0n) is 7.21. The van der Waals surface area contributed by atoms with Gasteiger partial charge in [-0.25, -0.2) is 0 Å². The summed E-state index contributed by atoms with van der Waals surface area (Å²) in [5.74, 6) is 0. The van der Waals surface area contributed by atoms with Crippen LogP contribution in [0.2, 0.25) is 5.15 Å². The number of aromatic nitrogens is 2. The fraction of sp³-hybridized carbons (Fsp3) is 0.100. The first-order valence-electron chi connectivity index (χ1n) is 4.04. The van der Waals surface area contributed by atoms with E-state index in [0.29, 0.717) is 5.15 Å². The number of nitrogens with one attached hydrogen (secondary N) is 1. The molecule has 0 aliphatic carbocycles. The van der Waals surface area contributed by atoms with Crippen molar-refractivity contribution in [2.75, 3.05) is 0 Å². The van der Waals surface area contributed by atoms with Gasteiger partial charge in [0.1, 0.15) is 0 Å². The van der Waals surface area contributed by atoms with E-state index in [0.717, 1.165) is 11.3 Å². The summed E-state index contributed by atoms with van der Waals surface area (Å²) >= 11 is 5.72. The minimum absolute atomic E-state index is 0.498. The average Bonchev–Trinajstić information content (AvgIpc) is 2.53. The molecule has 2 rings (SSSR count). The van der Waals surface area contributed by atoms with Crippen LogP contribution in [0, 0.1) is 6.92 Å². The van der Waals surface area contributed by atoms with Gasteiger partial charge in [-0.2, -0.15) is 5.10 Å². The molecule has 0 bridgehead atoms. The molecule has 0 aliphatic heterocycles. The number of hydrogen-bond donors (Lipinski definition) is 1. The third-order valence-corrected chi connectivity index (χ3v) is 2.18. The number of H-pyrrole nitrogens is 1. The molecule has 1 aromatic carbocycles. The largest absolute Gasteiger partial charge is 0.276 e. The van der Waals surface area contributed by atoms with Crippen molar-refractivity contribution in [3.63, 3.8) is 0 Å². The van der Waals surface area contributed by atoms with Crippen molar-refractivity contribution in [2.24, 2.45) is 0 Å². The van der Waals surface area contributed by atoms with Crippen LogP contribution < -0.4 is 0 Å². The molecule has 13 heavy (non-hydrogen) atoms. The summed E-state index contributed by atoms with van der Waals surface area (Å²) in [5, 5.41) is 7.25. The van der Waals surface area contributed by atoms with Gasteiger partial charge in [0, 0.05) is 11.6 Å². The molecule has 0 radical (unpaired) electrons. The fourth-order valence-corrected chi connectivity index (χ4v) is 1.46. The van der Waals surface area contributed by atoms with Gasteiger partial charge in [-0.1, -0.05) is 35.9 Å². The first kappa shape index (κ1) is 8.32. The Hall–Kier alpha value is -1.28. The number of halogens is 1. The Balaban J connectivity index is 2.52. The van der Waals surface area contributed by atoms with Crippen molar-refractivity contribution < 1.29 is 0 Å². The van der Waals surface area contributed by atoms with E-state index in [1.807, 2.05) is 24.3 Å². The molecule has 1 aromatic heterocycles. The summed E-state index contributed by atoms with van der Waals surface area (Å²) < 4.78 is 0. The molecule has 1 heterocycles. The molecule has 0 saturated heterocycles. The summed E-state index contributed by atoms with van der Waals surface area (Å²) in [6, 6.07) is 9.93. The SMILES string of the molecule is Cc1ccccc1-c1cc(Cl)n[nH]1. The molecule has 0 amide bonds. The monoisotopic (exact) mass is 192 g/mol. The van der Waals surface area contributed by atoms with Gasteiger partial charge in [-0.05, 0) is 12.5 Å². The number of rotatable bonds is 1. The molecule has 0 saturated carbocycles. The van der Waals surface area contributed by atoms with Gasteiger partial charge in [-0.15, -0.1) is 0 Å². The Bertz CT molecular complexity index is 420. The number of nitrogens with zero attached hydrogens (tertiary/aromatic N) is 1. The van der Waals surface area contributed by atoms with Crippen molar-refractivity contribution in [3.8, 4) is 11.3 Å². The minimum Gasteiger partial charge on any atom is -0.276 e. The van der Waals surface area contributed by atoms with E-state index in [1.54, 1.807) is 0 Å². The topological polar surface area (TPSA) is 28.7 Å². The lowest BCUT2D eigenvalue weighted by Crippen LogP contribution is -1.81. The maximum absolute atomic E-state index is 5.72. The maximum atomic E-state index is 5.72. The molecule has 1 N–H and O–H groups in total. The normalized spacial score (nSPS) is 10.3. The van der Waals surface area contributed by atoms with E-state index in [9.17, 15) is 0 Å². The van der Waals surface area contributed by atoms with Crippen LogP contribution in [0.3, 0.4) is 0 Å². The predicted molar refractivity (Wildman–Crippen MR) is 53.8 cm³/mol. The second-order valence-corrected chi connectivity index (χ2v) is 3.31. The third-order valence-electron chi connectivity index (χ3n) is 1.98. The van der Waals surface area contributed by atoms with Crippen molar-refractivity contribution in [2.45, 2.75) is 6.92 Å². The zero-order chi connectivity index (χ0) is 9.26. The van der Waals surface area contributed by atoms with Crippen molar-refractivity contribution >= 4 is 11.6 Å². The minimum atomic E-state index is 0.498. The van der Waals surface area contributed by atoms with E-state index in [-0.39, 0.29) is 0 Å². The van der Waals surface area contributed by atoms with E-state index < -0.39 is 0 Å². The Morgan fingerprint density at radius 1 is 1.31 bits per heavy atom. The van der Waals surface area contributed by atoms with E-state index in [2.05, 4.69) is 23.2 Å². The van der Waals surface area contributed by atoms with Crippen LogP contribution >= 0.6 is 11.6 Å². The molecule has 0 aliphatic rings. The molecule has 0 spiro atoms. The van der Waals surface area contributed by atoms with Crippen molar-refractivity contribution in [3.05, 3.63) is 41.0 Å². The molecular weight excluding hydrogens is 184 g/mol. The molecule has 0 fully saturated rings. The first-order valence-corrected chi connectivity index (χ1v) is 4.42. The van der Waals surface area contributed by atoms with Gasteiger partial charge < -0.3 is 0 Å². The zero-order valence-corrected chi connectivity index (χ0v) is 7.97. The van der Waals surface area contributed by atoms with Crippen molar-refractivity contribution in [1.82, 2.24) is 10.2 Å². The number of aromatic amines is 1. The average molecular weight is 193 g/mol. The van der Waals surface area contributed by atoms with E-state index in [4.69, 9.17) is 11.6 Å². The summed E-state index contributed by atoms with van der Waals surface area (Å²) in [6.45, 7) is 2.06. The molecule has 66 valence electrons. The first-order chi connectivity index (χ1) is 6.27. The Labute approximate surface area is 81.6 Å². The number of benzene rings is 1. The fourth-order valence-electron chi connectivity index (χ4n) is 1.31. The maximum Gasteiger partial charge on any atom is 0.151 e. The molecule has 3 heteroatoms. The van der Waals surface area contributed by atoms with Gasteiger partial charge in [0.15, 0.2) is 5.15 Å². The standard InChI is InChI=1S/C10H9ClN2/c1-7-4-2-3-5-8(7)9-6-10(11)13-12-9/h2-6H,1H3,(H,12,13). The van der Waals surface area contributed by atoms with Crippen LogP contribution in [-0.4, -0.2) is 10.2 Å². The molecule has 0 unspecified atom stereocenters. The van der Waals surface area contributed by atoms with Crippen LogP contribution in [0.15, 0.2) is 30.3 Å². The van der Waals surface area contributed by atoms with Crippen LogP contribution in [0.5, 0.6) is 0 Å². The quantitative estimate of drug-likeness (QED) is 0.739. The predicted octanol–water partition coefficient (Wildman–Crippen LogP) is 3.04. The molecular formula is C10H9ClN2. The second kappa shape index (κ2) is 3.23. The van der Waals surface area contributed by atoms with Gasteiger partial charge in [0.2, 0.25) is 0 Å². The van der Waals surface area contributed by atoms with Crippen LogP contribution in [0.4, 0.5) is 0 Å². The van der Waals surface area contributed by atoms with E-state index in [1.165, 1.54) is 5.56 Å². The summed E-state index contributed by atoms with van der Waals surface area (Å²) in [4.78, 5) is 0. The van der Waals surface area contributed by atoms with E-state index >= 15 is 0 Å². The highest BCUT2D eigenvalue weighted by Crippen LogP contribution is 2.22. The van der Waals surface area contributed by atoms with Crippen LogP contribution in [0.25, 0.3) is 11.3 Å². The smallest absolute Gasteiger partial charge is 0.151 e. The Kier molecular flexibility index (Phi) is 2.07. The highest BCUT2D eigenvalue weighted by Gasteiger charge is 2.03. The lowest BCUT2D eigenvalue weighted by atomic mass is 10.1. The molecule has 2 aromatic rings.